The summed E-state index contributed by atoms with van der Waals surface area (Å²) in [7, 11) is 0. The Morgan fingerprint density at radius 3 is 2.35 bits per heavy atom. The smallest absolute Gasteiger partial charge is 0.410 e. The van der Waals surface area contributed by atoms with Crippen molar-refractivity contribution in [3.63, 3.8) is 0 Å². The second-order valence-electron chi connectivity index (χ2n) is 7.92. The molecule has 1 N–H and O–H groups in total. The fraction of sp³-hybridized carbons (Fsp3) is 0.632. The third-order valence-corrected chi connectivity index (χ3v) is 4.23. The van der Waals surface area contributed by atoms with Gasteiger partial charge in [0.05, 0.1) is 6.04 Å². The van der Waals surface area contributed by atoms with Crippen molar-refractivity contribution in [2.24, 2.45) is 5.92 Å². The average Bonchev–Trinajstić information content (AvgIpc) is 2.51. The van der Waals surface area contributed by atoms with Crippen molar-refractivity contribution in [1.29, 1.82) is 0 Å². The van der Waals surface area contributed by atoms with Crippen LogP contribution in [-0.4, -0.2) is 35.9 Å². The first kappa shape index (κ1) is 20.4. The van der Waals surface area contributed by atoms with E-state index in [4.69, 9.17) is 4.74 Å². The summed E-state index contributed by atoms with van der Waals surface area (Å²) >= 11 is 0. The predicted octanol–water partition coefficient (Wildman–Crippen LogP) is 5.37. The average molecular weight is 372 g/mol. The van der Waals surface area contributed by atoms with E-state index in [1.54, 1.807) is 29.2 Å². The highest BCUT2D eigenvalue weighted by atomic mass is 19.4. The van der Waals surface area contributed by atoms with E-state index in [9.17, 15) is 18.0 Å². The molecule has 1 aromatic rings. The maximum atomic E-state index is 12.6. The van der Waals surface area contributed by atoms with Gasteiger partial charge in [0.25, 0.3) is 0 Å². The Bertz CT molecular complexity index is 609. The van der Waals surface area contributed by atoms with Crippen LogP contribution in [0.15, 0.2) is 24.3 Å². The first-order valence-electron chi connectivity index (χ1n) is 8.85. The lowest BCUT2D eigenvalue weighted by Gasteiger charge is -2.39. The molecule has 2 rings (SSSR count). The molecule has 0 aromatic heterocycles. The number of rotatable bonds is 3. The zero-order chi connectivity index (χ0) is 19.5. The van der Waals surface area contributed by atoms with Crippen molar-refractivity contribution in [3.8, 4) is 0 Å². The molecular weight excluding hydrogens is 345 g/mol. The van der Waals surface area contributed by atoms with Crippen molar-refractivity contribution >= 4 is 11.8 Å². The molecule has 0 spiro atoms. The molecule has 0 saturated carbocycles. The molecule has 1 aliphatic rings. The minimum atomic E-state index is -4.26. The van der Waals surface area contributed by atoms with E-state index in [2.05, 4.69) is 12.2 Å². The third kappa shape index (κ3) is 6.11. The van der Waals surface area contributed by atoms with Gasteiger partial charge >= 0.3 is 12.3 Å². The molecule has 4 nitrogen and oxygen atoms in total. The van der Waals surface area contributed by atoms with Crippen LogP contribution in [0.3, 0.4) is 0 Å². The van der Waals surface area contributed by atoms with Gasteiger partial charge in [-0.3, -0.25) is 0 Å². The van der Waals surface area contributed by atoms with Gasteiger partial charge in [-0.25, -0.2) is 4.79 Å². The molecule has 1 amide bonds. The highest BCUT2D eigenvalue weighted by Crippen LogP contribution is 2.35. The Hall–Kier alpha value is -1.92. The summed E-state index contributed by atoms with van der Waals surface area (Å²) in [4.78, 5) is 14.3. The summed E-state index contributed by atoms with van der Waals surface area (Å²) in [6, 6.07) is 6.66. The number of hydrogen-bond donors (Lipinski definition) is 1. The molecule has 2 atom stereocenters. The second kappa shape index (κ2) is 7.76. The van der Waals surface area contributed by atoms with Gasteiger partial charge in [-0.05, 0) is 57.2 Å². The van der Waals surface area contributed by atoms with E-state index < -0.39 is 18.3 Å². The summed E-state index contributed by atoms with van der Waals surface area (Å²) in [6.07, 6.45) is -2.83. The Labute approximate surface area is 152 Å². The topological polar surface area (TPSA) is 41.6 Å². The molecule has 7 heteroatoms. The fourth-order valence-corrected chi connectivity index (χ4v) is 3.05. The molecule has 1 aromatic carbocycles. The summed E-state index contributed by atoms with van der Waals surface area (Å²) in [6.45, 7) is 7.11. The minimum absolute atomic E-state index is 0.127. The SMILES string of the molecule is C[C@@H]1CC[C@@H](c2ccc(NCC(F)(F)F)cc2)N(C(=O)OC(C)(C)C)C1. The van der Waals surface area contributed by atoms with Crippen LogP contribution in [0, 0.1) is 5.92 Å². The zero-order valence-corrected chi connectivity index (χ0v) is 15.7. The maximum absolute atomic E-state index is 12.6. The molecule has 1 fully saturated rings. The van der Waals surface area contributed by atoms with Gasteiger partial charge in [-0.1, -0.05) is 19.1 Å². The Morgan fingerprint density at radius 1 is 1.19 bits per heavy atom. The minimum Gasteiger partial charge on any atom is -0.444 e. The van der Waals surface area contributed by atoms with E-state index in [1.807, 2.05) is 20.8 Å². The van der Waals surface area contributed by atoms with Gasteiger partial charge in [0.1, 0.15) is 12.1 Å². The second-order valence-corrected chi connectivity index (χ2v) is 7.92. The zero-order valence-electron chi connectivity index (χ0n) is 15.7. The molecule has 0 aliphatic carbocycles. The molecule has 1 heterocycles. The van der Waals surface area contributed by atoms with Crippen molar-refractivity contribution in [1.82, 2.24) is 4.90 Å². The number of ether oxygens (including phenoxy) is 1. The van der Waals surface area contributed by atoms with Crippen LogP contribution in [0.5, 0.6) is 0 Å². The van der Waals surface area contributed by atoms with Crippen LogP contribution in [0.4, 0.5) is 23.7 Å². The summed E-state index contributed by atoms with van der Waals surface area (Å²) in [5, 5.41) is 2.36. The van der Waals surface area contributed by atoms with Gasteiger partial charge in [-0.15, -0.1) is 0 Å². The summed E-state index contributed by atoms with van der Waals surface area (Å²) < 4.78 is 42.4. The molecule has 146 valence electrons. The van der Waals surface area contributed by atoms with Crippen molar-refractivity contribution < 1.29 is 22.7 Å². The maximum Gasteiger partial charge on any atom is 0.410 e. The summed E-state index contributed by atoms with van der Waals surface area (Å²) in [5.41, 5.74) is 0.729. The lowest BCUT2D eigenvalue weighted by atomic mass is 9.90. The number of carbonyl (C=O) groups is 1. The Kier molecular flexibility index (Phi) is 6.09. The Balaban J connectivity index is 2.12. The number of benzene rings is 1. The lowest BCUT2D eigenvalue weighted by Crippen LogP contribution is -2.44. The van der Waals surface area contributed by atoms with Gasteiger partial charge in [0, 0.05) is 12.2 Å². The largest absolute Gasteiger partial charge is 0.444 e. The monoisotopic (exact) mass is 372 g/mol. The van der Waals surface area contributed by atoms with Crippen molar-refractivity contribution in [2.45, 2.75) is 58.4 Å². The van der Waals surface area contributed by atoms with Crippen LogP contribution < -0.4 is 5.32 Å². The highest BCUT2D eigenvalue weighted by molar-refractivity contribution is 5.69. The first-order chi connectivity index (χ1) is 11.9. The van der Waals surface area contributed by atoms with Crippen LogP contribution in [0.25, 0.3) is 0 Å². The number of anilines is 1. The quantitative estimate of drug-likeness (QED) is 0.776. The van der Waals surface area contributed by atoms with Crippen molar-refractivity contribution in [3.05, 3.63) is 29.8 Å². The number of amides is 1. The van der Waals surface area contributed by atoms with Gasteiger partial charge < -0.3 is 15.0 Å². The predicted molar refractivity (Wildman–Crippen MR) is 95.1 cm³/mol. The number of nitrogens with zero attached hydrogens (tertiary/aromatic N) is 1. The number of likely N-dealkylation sites (tertiary alicyclic amines) is 1. The van der Waals surface area contributed by atoms with E-state index in [1.165, 1.54) is 0 Å². The fourth-order valence-electron chi connectivity index (χ4n) is 3.05. The summed E-state index contributed by atoms with van der Waals surface area (Å²) in [5.74, 6) is 0.381. The van der Waals surface area contributed by atoms with E-state index in [0.717, 1.165) is 18.4 Å². The lowest BCUT2D eigenvalue weighted by molar-refractivity contribution is -0.115. The van der Waals surface area contributed by atoms with Crippen LogP contribution in [-0.2, 0) is 4.74 Å². The molecule has 0 unspecified atom stereocenters. The number of piperidine rings is 1. The number of nitrogens with one attached hydrogen (secondary N) is 1. The molecule has 0 radical (unpaired) electrons. The molecule has 1 saturated heterocycles. The third-order valence-electron chi connectivity index (χ3n) is 4.23. The molecule has 1 aliphatic heterocycles. The van der Waals surface area contributed by atoms with Crippen molar-refractivity contribution in [2.75, 3.05) is 18.4 Å². The van der Waals surface area contributed by atoms with Gasteiger partial charge in [0.15, 0.2) is 0 Å². The molecule has 26 heavy (non-hydrogen) atoms. The van der Waals surface area contributed by atoms with Crippen LogP contribution >= 0.6 is 0 Å². The van der Waals surface area contributed by atoms with Gasteiger partial charge in [-0.2, -0.15) is 13.2 Å². The number of halogens is 3. The van der Waals surface area contributed by atoms with E-state index in [0.29, 0.717) is 18.2 Å². The normalized spacial score (nSPS) is 21.4. The van der Waals surface area contributed by atoms with E-state index in [-0.39, 0.29) is 12.1 Å². The first-order valence-corrected chi connectivity index (χ1v) is 8.85. The number of hydrogen-bond acceptors (Lipinski definition) is 3. The number of alkyl halides is 3. The molecule has 0 bridgehead atoms. The highest BCUT2D eigenvalue weighted by Gasteiger charge is 2.34. The number of carbonyl (C=O) groups excluding carboxylic acids is 1. The Morgan fingerprint density at radius 2 is 1.81 bits per heavy atom. The van der Waals surface area contributed by atoms with Crippen LogP contribution in [0.2, 0.25) is 0 Å². The van der Waals surface area contributed by atoms with Crippen LogP contribution in [0.1, 0.15) is 52.1 Å². The standard InChI is InChI=1S/C19H27F3N2O2/c1-13-5-10-16(24(11-13)17(25)26-18(2,3)4)14-6-8-15(9-7-14)23-12-19(20,21)22/h6-9,13,16,23H,5,10-12H2,1-4H3/t13-,16+/m1/s1. The van der Waals surface area contributed by atoms with E-state index >= 15 is 0 Å². The van der Waals surface area contributed by atoms with Gasteiger partial charge in [0.2, 0.25) is 0 Å². The molecular formula is C19H27F3N2O2.